The topological polar surface area (TPSA) is 9.86 Å². The highest BCUT2D eigenvalue weighted by Crippen LogP contribution is 2.62. The van der Waals surface area contributed by atoms with E-state index in [1.807, 2.05) is 0 Å². The van der Waals surface area contributed by atoms with Crippen LogP contribution in [0.2, 0.25) is 0 Å². The molecule has 64 heavy (non-hydrogen) atoms. The summed E-state index contributed by atoms with van der Waals surface area (Å²) in [7, 11) is 0. The summed E-state index contributed by atoms with van der Waals surface area (Å²) in [6, 6.07) is 57.7. The Morgan fingerprint density at radius 1 is 0.406 bits per heavy atom. The van der Waals surface area contributed by atoms with Crippen molar-refractivity contribution in [2.24, 2.45) is 0 Å². The minimum atomic E-state index is -0.558. The highest BCUT2D eigenvalue weighted by molar-refractivity contribution is 7.00. The highest BCUT2D eigenvalue weighted by Gasteiger charge is 2.55. The van der Waals surface area contributed by atoms with Gasteiger partial charge in [-0.2, -0.15) is 0 Å². The molecule has 0 bridgehead atoms. The first-order chi connectivity index (χ1) is 31.0. The summed E-state index contributed by atoms with van der Waals surface area (Å²) in [5, 5.41) is 8.03. The summed E-state index contributed by atoms with van der Waals surface area (Å²) in [5.74, 6) is 0. The lowest BCUT2D eigenvalue weighted by Crippen LogP contribution is -2.60. The lowest BCUT2D eigenvalue weighted by atomic mass is 9.33. The molecule has 5 heterocycles. The number of aromatic nitrogens is 2. The van der Waals surface area contributed by atoms with Gasteiger partial charge in [-0.1, -0.05) is 152 Å². The third-order valence-corrected chi connectivity index (χ3v) is 15.9. The van der Waals surface area contributed by atoms with Crippen molar-refractivity contribution in [1.82, 2.24) is 9.13 Å². The molecule has 1 aliphatic carbocycles. The van der Waals surface area contributed by atoms with E-state index in [2.05, 4.69) is 203 Å². The van der Waals surface area contributed by atoms with Gasteiger partial charge in [-0.25, -0.2) is 0 Å². The fraction of sp³-hybridized carbons (Fsp3) is 0.148. The van der Waals surface area contributed by atoms with E-state index in [0.717, 1.165) is 0 Å². The molecule has 302 valence electrons. The predicted molar refractivity (Wildman–Crippen MR) is 271 cm³/mol. The Labute approximate surface area is 373 Å². The normalized spacial score (nSPS) is 14.6. The molecule has 3 aliphatic heterocycles. The number of nitrogens with zero attached hydrogens (tertiary/aromatic N) is 2. The molecule has 2 nitrogen and oxygen atoms in total. The van der Waals surface area contributed by atoms with Gasteiger partial charge in [0, 0.05) is 43.8 Å². The fourth-order valence-corrected chi connectivity index (χ4v) is 13.8. The van der Waals surface area contributed by atoms with Crippen LogP contribution in [-0.4, -0.2) is 15.8 Å². The summed E-state index contributed by atoms with van der Waals surface area (Å²) in [5.41, 5.74) is 29.1. The number of benzene rings is 9. The largest absolute Gasteiger partial charge is 0.310 e. The third kappa shape index (κ3) is 3.91. The first-order valence-corrected chi connectivity index (χ1v) is 23.1. The molecule has 4 aliphatic rings. The van der Waals surface area contributed by atoms with Gasteiger partial charge >= 0.3 is 0 Å². The van der Waals surface area contributed by atoms with E-state index in [1.165, 1.54) is 154 Å². The minimum absolute atomic E-state index is 0.0214. The van der Waals surface area contributed by atoms with Gasteiger partial charge < -0.3 is 9.13 Å². The summed E-state index contributed by atoms with van der Waals surface area (Å²) < 4.78 is 5.46. The molecule has 3 heteroatoms. The molecule has 0 fully saturated rings. The van der Waals surface area contributed by atoms with E-state index < -0.39 is 5.41 Å². The summed E-state index contributed by atoms with van der Waals surface area (Å²) in [4.78, 5) is 0. The van der Waals surface area contributed by atoms with Crippen LogP contribution in [-0.2, 0) is 10.8 Å². The quantitative estimate of drug-likeness (QED) is 0.146. The van der Waals surface area contributed by atoms with Crippen molar-refractivity contribution in [3.63, 3.8) is 0 Å². The van der Waals surface area contributed by atoms with Gasteiger partial charge in [-0.05, 0) is 141 Å². The van der Waals surface area contributed by atoms with Gasteiger partial charge in [0.1, 0.15) is 0 Å². The van der Waals surface area contributed by atoms with Crippen LogP contribution in [0.3, 0.4) is 0 Å². The summed E-state index contributed by atoms with van der Waals surface area (Å²) in [6.07, 6.45) is 0. The maximum Gasteiger partial charge on any atom is 0.252 e. The van der Waals surface area contributed by atoms with E-state index >= 15 is 0 Å². The Kier molecular flexibility index (Phi) is 6.27. The zero-order chi connectivity index (χ0) is 42.9. The molecule has 0 N–H and O–H groups in total. The molecular formula is C61H45BN2. The van der Waals surface area contributed by atoms with Crippen molar-refractivity contribution >= 4 is 77.5 Å². The van der Waals surface area contributed by atoms with E-state index in [1.54, 1.807) is 0 Å². The highest BCUT2D eigenvalue weighted by atomic mass is 15.1. The molecule has 0 unspecified atom stereocenters. The van der Waals surface area contributed by atoms with Crippen LogP contribution >= 0.6 is 0 Å². The van der Waals surface area contributed by atoms with Gasteiger partial charge in [0.2, 0.25) is 0 Å². The van der Waals surface area contributed by atoms with E-state index in [-0.39, 0.29) is 12.1 Å². The Morgan fingerprint density at radius 3 is 1.69 bits per heavy atom. The summed E-state index contributed by atoms with van der Waals surface area (Å²) >= 11 is 0. The Balaban J connectivity index is 1.27. The Bertz CT molecular complexity index is 4000. The zero-order valence-corrected chi connectivity index (χ0v) is 37.3. The smallest absolute Gasteiger partial charge is 0.252 e. The number of rotatable bonds is 1. The van der Waals surface area contributed by atoms with Crippen LogP contribution in [0, 0.1) is 27.7 Å². The van der Waals surface area contributed by atoms with Crippen molar-refractivity contribution in [3.05, 3.63) is 196 Å². The average Bonchev–Trinajstić information content (AvgIpc) is 3.89. The predicted octanol–water partition coefficient (Wildman–Crippen LogP) is 13.1. The molecule has 15 rings (SSSR count). The minimum Gasteiger partial charge on any atom is -0.310 e. The van der Waals surface area contributed by atoms with E-state index in [0.29, 0.717) is 0 Å². The monoisotopic (exact) mass is 816 g/mol. The van der Waals surface area contributed by atoms with Crippen LogP contribution in [0.25, 0.3) is 88.0 Å². The second-order valence-electron chi connectivity index (χ2n) is 20.7. The van der Waals surface area contributed by atoms with E-state index in [4.69, 9.17) is 0 Å². The molecule has 11 aromatic rings. The fourth-order valence-electron chi connectivity index (χ4n) is 13.8. The average molecular weight is 817 g/mol. The van der Waals surface area contributed by atoms with E-state index in [9.17, 15) is 0 Å². The lowest BCUT2D eigenvalue weighted by Gasteiger charge is -2.45. The van der Waals surface area contributed by atoms with Crippen molar-refractivity contribution < 1.29 is 0 Å². The van der Waals surface area contributed by atoms with Crippen molar-refractivity contribution in [2.75, 3.05) is 0 Å². The molecule has 0 atom stereocenters. The number of hydrogen-bond acceptors (Lipinski definition) is 0. The Hall–Kier alpha value is -7.10. The molecule has 0 amide bonds. The first-order valence-electron chi connectivity index (χ1n) is 23.1. The number of fused-ring (bicyclic) bond motifs is 15. The molecule has 0 radical (unpaired) electrons. The number of aryl methyl sites for hydroxylation is 4. The van der Waals surface area contributed by atoms with Gasteiger partial charge in [-0.15, -0.1) is 0 Å². The van der Waals surface area contributed by atoms with Gasteiger partial charge in [0.05, 0.1) is 22.1 Å². The second kappa shape index (κ2) is 11.3. The SMILES string of the molecule is Cc1ccc2c(c1)c1cc(C)cc3c1n2-c1c(-c2cccc4c(C(C)(C)C)cccc24)cc2c4c1B3c1cc(C)cc3c5cc(C)cc(c5n-4c13)C21c2ccccc2-c2ccccc21. The lowest BCUT2D eigenvalue weighted by molar-refractivity contribution is 0.596. The van der Waals surface area contributed by atoms with Crippen LogP contribution in [0.4, 0.5) is 0 Å². The van der Waals surface area contributed by atoms with Crippen LogP contribution < -0.4 is 16.4 Å². The third-order valence-electron chi connectivity index (χ3n) is 15.9. The molecular weight excluding hydrogens is 771 g/mol. The van der Waals surface area contributed by atoms with Crippen LogP contribution in [0.5, 0.6) is 0 Å². The zero-order valence-electron chi connectivity index (χ0n) is 37.3. The summed E-state index contributed by atoms with van der Waals surface area (Å²) in [6.45, 7) is 16.3. The standard InChI is InChI=1S/C61H45BN2/c1-32-22-23-53-41(24-32)42-26-34(3)29-51-56(42)63(53)58-45(37-16-12-18-38-36(37)17-13-21-46(38)60(5,6)7)31-50-59-54(58)62(51)52-30-35(4)27-44-43-25-33(2)28-49(55(43)64(59)57(44)52)61(50)47-19-10-8-14-39(47)40-15-9-11-20-48(40)61/h8-31H,1-7H3. The van der Waals surface area contributed by atoms with Gasteiger partial charge in [0.25, 0.3) is 6.71 Å². The molecule has 2 aromatic heterocycles. The second-order valence-corrected chi connectivity index (χ2v) is 20.7. The van der Waals surface area contributed by atoms with Crippen molar-refractivity contribution in [1.29, 1.82) is 0 Å². The Morgan fingerprint density at radius 2 is 0.984 bits per heavy atom. The molecule has 1 spiro atoms. The molecule has 0 saturated heterocycles. The van der Waals surface area contributed by atoms with Crippen molar-refractivity contribution in [2.45, 2.75) is 59.3 Å². The van der Waals surface area contributed by atoms with Crippen LogP contribution in [0.1, 0.15) is 70.8 Å². The molecule has 0 saturated carbocycles. The van der Waals surface area contributed by atoms with Crippen molar-refractivity contribution in [3.8, 4) is 33.6 Å². The van der Waals surface area contributed by atoms with Gasteiger partial charge in [-0.3, -0.25) is 0 Å². The maximum atomic E-state index is 2.76. The molecule has 9 aromatic carbocycles. The van der Waals surface area contributed by atoms with Gasteiger partial charge in [0.15, 0.2) is 0 Å². The van der Waals surface area contributed by atoms with Crippen LogP contribution in [0.15, 0.2) is 146 Å². The number of hydrogen-bond donors (Lipinski definition) is 0. The first kappa shape index (κ1) is 35.4. The maximum absolute atomic E-state index is 2.76.